The molecule has 39 heavy (non-hydrogen) atoms. The summed E-state index contributed by atoms with van der Waals surface area (Å²) in [6, 6.07) is 4.40. The van der Waals surface area contributed by atoms with Crippen LogP contribution in [-0.4, -0.2) is 41.9 Å². The fourth-order valence-electron chi connectivity index (χ4n) is 6.36. The minimum absolute atomic E-state index is 0.109. The number of benzene rings is 1. The number of thioether (sulfide) groups is 1. The van der Waals surface area contributed by atoms with Gasteiger partial charge in [0.05, 0.1) is 11.5 Å². The average Bonchev–Trinajstić information content (AvgIpc) is 2.91. The first kappa shape index (κ1) is 30.5. The first-order valence-corrected chi connectivity index (χ1v) is 16.9. The van der Waals surface area contributed by atoms with E-state index in [1.807, 2.05) is 18.7 Å². The molecule has 0 radical (unpaired) electrons. The zero-order valence-corrected chi connectivity index (χ0v) is 26.4. The molecule has 4 rings (SSSR count). The van der Waals surface area contributed by atoms with Crippen LogP contribution in [0.1, 0.15) is 117 Å². The molecule has 0 bridgehead atoms. The SMILES string of the molecule is CCCCCC(C)CCc1cc(OC(=O)C(C)CCN2CCCCC2)c2c(c1)OC(C)(C)C1=C2C(C)CCS1. The van der Waals surface area contributed by atoms with Crippen molar-refractivity contribution < 1.29 is 14.3 Å². The Bertz CT molecular complexity index is 1010. The highest BCUT2D eigenvalue weighted by Crippen LogP contribution is 2.54. The number of unbranched alkanes of at least 4 members (excludes halogenated alkanes) is 2. The van der Waals surface area contributed by atoms with Crippen molar-refractivity contribution in [2.24, 2.45) is 17.8 Å². The topological polar surface area (TPSA) is 38.8 Å². The van der Waals surface area contributed by atoms with Crippen LogP contribution in [0.15, 0.2) is 17.0 Å². The Morgan fingerprint density at radius 3 is 2.64 bits per heavy atom. The Morgan fingerprint density at radius 1 is 1.13 bits per heavy atom. The van der Waals surface area contributed by atoms with Crippen LogP contribution < -0.4 is 9.47 Å². The molecule has 1 saturated heterocycles. The van der Waals surface area contributed by atoms with Gasteiger partial charge in [-0.2, -0.15) is 0 Å². The van der Waals surface area contributed by atoms with E-state index in [-0.39, 0.29) is 17.5 Å². The second-order valence-corrected chi connectivity index (χ2v) is 14.1. The summed E-state index contributed by atoms with van der Waals surface area (Å²) in [6.07, 6.45) is 13.2. The highest BCUT2D eigenvalue weighted by molar-refractivity contribution is 8.03. The summed E-state index contributed by atoms with van der Waals surface area (Å²) in [5.74, 6) is 3.59. The Balaban J connectivity index is 1.57. The van der Waals surface area contributed by atoms with Crippen LogP contribution in [-0.2, 0) is 11.2 Å². The summed E-state index contributed by atoms with van der Waals surface area (Å²) in [5.41, 5.74) is 3.22. The third kappa shape index (κ3) is 7.85. The van der Waals surface area contributed by atoms with Crippen molar-refractivity contribution in [3.05, 3.63) is 28.2 Å². The Morgan fingerprint density at radius 2 is 1.90 bits per heavy atom. The zero-order chi connectivity index (χ0) is 28.0. The summed E-state index contributed by atoms with van der Waals surface area (Å²) in [7, 11) is 0. The summed E-state index contributed by atoms with van der Waals surface area (Å²) in [5, 5.41) is 0. The predicted octanol–water partition coefficient (Wildman–Crippen LogP) is 8.91. The number of rotatable bonds is 12. The number of fused-ring (bicyclic) bond motifs is 2. The van der Waals surface area contributed by atoms with Gasteiger partial charge >= 0.3 is 5.97 Å². The van der Waals surface area contributed by atoms with E-state index in [2.05, 4.69) is 51.7 Å². The molecule has 3 atom stereocenters. The van der Waals surface area contributed by atoms with Gasteiger partial charge in [-0.3, -0.25) is 4.79 Å². The highest BCUT2D eigenvalue weighted by Gasteiger charge is 2.41. The number of hydrogen-bond donors (Lipinski definition) is 0. The van der Waals surface area contributed by atoms with Gasteiger partial charge in [-0.25, -0.2) is 0 Å². The molecule has 3 aliphatic heterocycles. The van der Waals surface area contributed by atoms with E-state index in [1.165, 1.54) is 61.0 Å². The number of ether oxygens (including phenoxy) is 2. The van der Waals surface area contributed by atoms with Crippen molar-refractivity contribution in [1.82, 2.24) is 4.90 Å². The molecule has 3 heterocycles. The van der Waals surface area contributed by atoms with E-state index >= 15 is 0 Å². The smallest absolute Gasteiger partial charge is 0.314 e. The highest BCUT2D eigenvalue weighted by atomic mass is 32.2. The Kier molecular flexibility index (Phi) is 10.9. The number of esters is 1. The van der Waals surface area contributed by atoms with Crippen molar-refractivity contribution in [3.63, 3.8) is 0 Å². The molecular weight excluding hydrogens is 502 g/mol. The second-order valence-electron chi connectivity index (χ2n) is 13.0. The molecule has 0 saturated carbocycles. The number of aryl methyl sites for hydroxylation is 1. The van der Waals surface area contributed by atoms with Gasteiger partial charge in [-0.15, -0.1) is 11.8 Å². The number of carbonyl (C=O) groups is 1. The molecule has 218 valence electrons. The molecule has 1 fully saturated rings. The van der Waals surface area contributed by atoms with Crippen LogP contribution in [0.5, 0.6) is 11.5 Å². The number of piperidine rings is 1. The molecule has 1 aromatic carbocycles. The number of carbonyl (C=O) groups excluding carboxylic acids is 1. The molecule has 3 aliphatic rings. The van der Waals surface area contributed by atoms with Gasteiger partial charge in [-0.05, 0) is 113 Å². The summed E-state index contributed by atoms with van der Waals surface area (Å²) in [4.78, 5) is 17.3. The van der Waals surface area contributed by atoms with Gasteiger partial charge in [0.2, 0.25) is 0 Å². The summed E-state index contributed by atoms with van der Waals surface area (Å²) < 4.78 is 13.0. The lowest BCUT2D eigenvalue weighted by molar-refractivity contribution is -0.138. The average molecular weight is 556 g/mol. The van der Waals surface area contributed by atoms with Crippen molar-refractivity contribution >= 4 is 23.3 Å². The quantitative estimate of drug-likeness (QED) is 0.146. The van der Waals surface area contributed by atoms with Crippen LogP contribution in [0.4, 0.5) is 0 Å². The molecule has 0 aromatic heterocycles. The Labute approximate surface area is 242 Å². The van der Waals surface area contributed by atoms with E-state index < -0.39 is 0 Å². The summed E-state index contributed by atoms with van der Waals surface area (Å²) >= 11 is 1.92. The number of allylic oxidation sites excluding steroid dienone is 1. The van der Waals surface area contributed by atoms with Gasteiger partial charge < -0.3 is 14.4 Å². The lowest BCUT2D eigenvalue weighted by Gasteiger charge is -2.41. The van der Waals surface area contributed by atoms with Crippen LogP contribution >= 0.6 is 11.8 Å². The van der Waals surface area contributed by atoms with Crippen molar-refractivity contribution in [2.75, 3.05) is 25.4 Å². The summed E-state index contributed by atoms with van der Waals surface area (Å²) in [6.45, 7) is 16.7. The van der Waals surface area contributed by atoms with Crippen LogP contribution in [0.3, 0.4) is 0 Å². The largest absolute Gasteiger partial charge is 0.482 e. The van der Waals surface area contributed by atoms with Crippen LogP contribution in [0, 0.1) is 17.8 Å². The first-order chi connectivity index (χ1) is 18.7. The lowest BCUT2D eigenvalue weighted by atomic mass is 9.83. The van der Waals surface area contributed by atoms with E-state index in [4.69, 9.17) is 9.47 Å². The molecule has 1 aromatic rings. The number of nitrogens with zero attached hydrogens (tertiary/aromatic N) is 1. The number of likely N-dealkylation sites (tertiary alicyclic amines) is 1. The minimum Gasteiger partial charge on any atom is -0.482 e. The molecule has 0 aliphatic carbocycles. The van der Waals surface area contributed by atoms with Crippen molar-refractivity contribution in [2.45, 2.75) is 118 Å². The Hall–Kier alpha value is -1.46. The molecule has 3 unspecified atom stereocenters. The maximum atomic E-state index is 13.5. The van der Waals surface area contributed by atoms with E-state index in [0.29, 0.717) is 17.6 Å². The molecule has 0 amide bonds. The van der Waals surface area contributed by atoms with Gasteiger partial charge in [-0.1, -0.05) is 59.8 Å². The predicted molar refractivity (Wildman–Crippen MR) is 166 cm³/mol. The molecule has 4 nitrogen and oxygen atoms in total. The van der Waals surface area contributed by atoms with E-state index in [0.717, 1.165) is 62.4 Å². The zero-order valence-electron chi connectivity index (χ0n) is 25.6. The van der Waals surface area contributed by atoms with Gasteiger partial charge in [0.25, 0.3) is 0 Å². The normalized spacial score (nSPS) is 22.5. The van der Waals surface area contributed by atoms with E-state index in [1.54, 1.807) is 0 Å². The standard InChI is InChI=1S/C34H53NO3S/c1-7-8-10-13-24(2)14-15-27-22-28(37-33(36)26(4)16-20-35-18-11-9-12-19-35)31-29(23-27)38-34(5,6)32-30(31)25(3)17-21-39-32/h22-26H,7-21H2,1-6H3. The van der Waals surface area contributed by atoms with Crippen molar-refractivity contribution in [1.29, 1.82) is 0 Å². The van der Waals surface area contributed by atoms with Gasteiger partial charge in [0, 0.05) is 4.91 Å². The fraction of sp³-hybridized carbons (Fsp3) is 0.735. The monoisotopic (exact) mass is 555 g/mol. The maximum absolute atomic E-state index is 13.5. The second kappa shape index (κ2) is 13.9. The minimum atomic E-state index is -0.364. The molecular formula is C34H53NO3S. The van der Waals surface area contributed by atoms with Crippen molar-refractivity contribution in [3.8, 4) is 11.5 Å². The molecule has 0 N–H and O–H groups in total. The van der Waals surface area contributed by atoms with Gasteiger partial charge in [0.15, 0.2) is 0 Å². The number of hydrogen-bond acceptors (Lipinski definition) is 5. The van der Waals surface area contributed by atoms with E-state index in [9.17, 15) is 4.79 Å². The van der Waals surface area contributed by atoms with Crippen LogP contribution in [0.25, 0.3) is 5.57 Å². The molecule has 0 spiro atoms. The van der Waals surface area contributed by atoms with Crippen LogP contribution in [0.2, 0.25) is 0 Å². The maximum Gasteiger partial charge on any atom is 0.314 e. The van der Waals surface area contributed by atoms with Gasteiger partial charge in [0.1, 0.15) is 17.1 Å². The fourth-order valence-corrected chi connectivity index (χ4v) is 7.89. The lowest BCUT2D eigenvalue weighted by Crippen LogP contribution is -2.36. The first-order valence-electron chi connectivity index (χ1n) is 15.9. The third-order valence-corrected chi connectivity index (χ3v) is 10.4. The molecule has 5 heteroatoms. The third-order valence-electron chi connectivity index (χ3n) is 9.01.